The first kappa shape index (κ1) is 22.3. The van der Waals surface area contributed by atoms with E-state index in [1.54, 1.807) is 20.5 Å². The first-order valence-electron chi connectivity index (χ1n) is 11.2. The molecule has 178 valence electrons. The van der Waals surface area contributed by atoms with Gasteiger partial charge in [-0.1, -0.05) is 12.1 Å². The summed E-state index contributed by atoms with van der Waals surface area (Å²) in [5, 5.41) is 5.00. The Morgan fingerprint density at radius 3 is 2.56 bits per heavy atom. The first-order chi connectivity index (χ1) is 16.7. The van der Waals surface area contributed by atoms with Gasteiger partial charge in [0.1, 0.15) is 24.9 Å². The van der Waals surface area contributed by atoms with Gasteiger partial charge in [0.25, 0.3) is 0 Å². The minimum Gasteiger partial charge on any atom is -0.493 e. The number of thiocarbonyl (C=S) groups is 1. The SMILES string of the molecule is COc1cc2ncnc(N3CCN(C(=S)NCC4COc5ccccc5O4)CC3)c2cc1OC. The van der Waals surface area contributed by atoms with E-state index in [1.807, 2.05) is 36.4 Å². The number of hydrogen-bond acceptors (Lipinski definition) is 8. The number of anilines is 1. The van der Waals surface area contributed by atoms with Crippen molar-refractivity contribution in [1.82, 2.24) is 20.2 Å². The monoisotopic (exact) mass is 481 g/mol. The van der Waals surface area contributed by atoms with Crippen LogP contribution in [0.2, 0.25) is 0 Å². The normalized spacial score (nSPS) is 17.4. The molecule has 1 aromatic heterocycles. The van der Waals surface area contributed by atoms with Crippen molar-refractivity contribution in [2.45, 2.75) is 6.10 Å². The van der Waals surface area contributed by atoms with E-state index in [-0.39, 0.29) is 6.10 Å². The van der Waals surface area contributed by atoms with Gasteiger partial charge in [-0.15, -0.1) is 0 Å². The van der Waals surface area contributed by atoms with Crippen LogP contribution in [0.15, 0.2) is 42.7 Å². The third kappa shape index (κ3) is 4.45. The molecule has 2 aromatic carbocycles. The first-order valence-corrected chi connectivity index (χ1v) is 11.6. The number of nitrogens with one attached hydrogen (secondary N) is 1. The largest absolute Gasteiger partial charge is 0.493 e. The van der Waals surface area contributed by atoms with Crippen LogP contribution in [-0.2, 0) is 0 Å². The maximum Gasteiger partial charge on any atom is 0.169 e. The molecule has 0 aliphatic carbocycles. The van der Waals surface area contributed by atoms with Gasteiger partial charge in [-0.3, -0.25) is 0 Å². The number of para-hydroxylation sites is 2. The van der Waals surface area contributed by atoms with Crippen LogP contribution in [0, 0.1) is 0 Å². The van der Waals surface area contributed by atoms with Crippen molar-refractivity contribution in [2.75, 3.05) is 58.5 Å². The summed E-state index contributed by atoms with van der Waals surface area (Å²) in [6.45, 7) is 4.24. The highest BCUT2D eigenvalue weighted by atomic mass is 32.1. The molecule has 1 saturated heterocycles. The summed E-state index contributed by atoms with van der Waals surface area (Å²) in [6, 6.07) is 11.5. The zero-order chi connectivity index (χ0) is 23.5. The van der Waals surface area contributed by atoms with Gasteiger partial charge in [-0.05, 0) is 30.4 Å². The van der Waals surface area contributed by atoms with Crippen LogP contribution in [-0.4, -0.2) is 79.6 Å². The number of methoxy groups -OCH3 is 2. The van der Waals surface area contributed by atoms with E-state index in [9.17, 15) is 0 Å². The van der Waals surface area contributed by atoms with Crippen molar-refractivity contribution in [3.05, 3.63) is 42.7 Å². The third-order valence-corrected chi connectivity index (χ3v) is 6.44. The number of benzene rings is 2. The van der Waals surface area contributed by atoms with Gasteiger partial charge in [0.2, 0.25) is 0 Å². The molecule has 10 heteroatoms. The molecule has 0 saturated carbocycles. The molecule has 2 aliphatic rings. The van der Waals surface area contributed by atoms with E-state index in [4.69, 9.17) is 31.2 Å². The molecule has 1 atom stereocenters. The molecule has 1 fully saturated rings. The Hall–Kier alpha value is -3.53. The van der Waals surface area contributed by atoms with E-state index in [1.165, 1.54) is 0 Å². The average molecular weight is 482 g/mol. The van der Waals surface area contributed by atoms with E-state index in [0.717, 1.165) is 59.5 Å². The smallest absolute Gasteiger partial charge is 0.169 e. The van der Waals surface area contributed by atoms with Gasteiger partial charge in [-0.25, -0.2) is 9.97 Å². The van der Waals surface area contributed by atoms with Crippen LogP contribution >= 0.6 is 12.2 Å². The zero-order valence-corrected chi connectivity index (χ0v) is 20.0. The molecular formula is C24H27N5O4S. The number of aromatic nitrogens is 2. The molecule has 5 rings (SSSR count). The van der Waals surface area contributed by atoms with Gasteiger partial charge >= 0.3 is 0 Å². The minimum atomic E-state index is -0.0894. The van der Waals surface area contributed by atoms with Crippen molar-refractivity contribution < 1.29 is 18.9 Å². The highest BCUT2D eigenvalue weighted by Crippen LogP contribution is 2.35. The van der Waals surface area contributed by atoms with E-state index >= 15 is 0 Å². The highest BCUT2D eigenvalue weighted by Gasteiger charge is 2.24. The summed E-state index contributed by atoms with van der Waals surface area (Å²) in [7, 11) is 3.25. The number of piperazine rings is 1. The summed E-state index contributed by atoms with van der Waals surface area (Å²) in [5.74, 6) is 3.75. The second-order valence-electron chi connectivity index (χ2n) is 8.08. The predicted octanol–water partition coefficient (Wildman–Crippen LogP) is 2.48. The fourth-order valence-corrected chi connectivity index (χ4v) is 4.49. The molecule has 0 amide bonds. The maximum absolute atomic E-state index is 6.01. The Morgan fingerprint density at radius 2 is 1.79 bits per heavy atom. The summed E-state index contributed by atoms with van der Waals surface area (Å²) >= 11 is 5.66. The van der Waals surface area contributed by atoms with Crippen molar-refractivity contribution >= 4 is 34.1 Å². The van der Waals surface area contributed by atoms with Crippen LogP contribution in [0.4, 0.5) is 5.82 Å². The Morgan fingerprint density at radius 1 is 1.06 bits per heavy atom. The summed E-state index contributed by atoms with van der Waals surface area (Å²) in [4.78, 5) is 13.4. The summed E-state index contributed by atoms with van der Waals surface area (Å²) in [6.07, 6.45) is 1.50. The quantitative estimate of drug-likeness (QED) is 0.549. The molecule has 3 heterocycles. The van der Waals surface area contributed by atoms with Crippen LogP contribution in [0.1, 0.15) is 0 Å². The predicted molar refractivity (Wildman–Crippen MR) is 133 cm³/mol. The fraction of sp³-hybridized carbons (Fsp3) is 0.375. The van der Waals surface area contributed by atoms with Gasteiger partial charge in [0.05, 0.1) is 26.3 Å². The lowest BCUT2D eigenvalue weighted by Gasteiger charge is -2.37. The average Bonchev–Trinajstić information content (AvgIpc) is 2.90. The number of hydrogen-bond donors (Lipinski definition) is 1. The lowest BCUT2D eigenvalue weighted by Crippen LogP contribution is -2.53. The second-order valence-corrected chi connectivity index (χ2v) is 8.47. The van der Waals surface area contributed by atoms with Gasteiger partial charge in [-0.2, -0.15) is 0 Å². The van der Waals surface area contributed by atoms with Crippen LogP contribution < -0.4 is 29.2 Å². The molecule has 1 N–H and O–H groups in total. The number of fused-ring (bicyclic) bond motifs is 2. The lowest BCUT2D eigenvalue weighted by molar-refractivity contribution is 0.0932. The zero-order valence-electron chi connectivity index (χ0n) is 19.2. The second kappa shape index (κ2) is 9.76. The molecule has 0 spiro atoms. The van der Waals surface area contributed by atoms with Crippen LogP contribution in [0.5, 0.6) is 23.0 Å². The molecule has 1 unspecified atom stereocenters. The minimum absolute atomic E-state index is 0.0894. The molecule has 0 bridgehead atoms. The fourth-order valence-electron chi connectivity index (χ4n) is 4.22. The van der Waals surface area contributed by atoms with Crippen molar-refractivity contribution in [2.24, 2.45) is 0 Å². The van der Waals surface area contributed by atoms with Crippen molar-refractivity contribution in [3.8, 4) is 23.0 Å². The highest BCUT2D eigenvalue weighted by molar-refractivity contribution is 7.80. The van der Waals surface area contributed by atoms with E-state index in [0.29, 0.717) is 24.7 Å². The number of ether oxygens (including phenoxy) is 4. The van der Waals surface area contributed by atoms with Crippen LogP contribution in [0.25, 0.3) is 10.9 Å². The van der Waals surface area contributed by atoms with Crippen molar-refractivity contribution in [3.63, 3.8) is 0 Å². The summed E-state index contributed by atoms with van der Waals surface area (Å²) < 4.78 is 22.7. The molecule has 34 heavy (non-hydrogen) atoms. The Balaban J connectivity index is 1.19. The Bertz CT molecular complexity index is 1190. The number of rotatable bonds is 5. The number of nitrogens with zero attached hydrogens (tertiary/aromatic N) is 4. The standard InChI is InChI=1S/C24H27N5O4S/c1-30-21-11-17-18(12-22(21)31-2)26-15-27-23(17)28-7-9-29(10-8-28)24(34)25-13-16-14-32-19-5-3-4-6-20(19)33-16/h3-6,11-12,15-16H,7-10,13-14H2,1-2H3,(H,25,34). The van der Waals surface area contributed by atoms with E-state index < -0.39 is 0 Å². The molecular weight excluding hydrogens is 454 g/mol. The Labute approximate surface area is 203 Å². The molecule has 0 radical (unpaired) electrons. The van der Waals surface area contributed by atoms with Gasteiger partial charge in [0.15, 0.2) is 28.1 Å². The van der Waals surface area contributed by atoms with E-state index in [2.05, 4.69) is 25.1 Å². The lowest BCUT2D eigenvalue weighted by atomic mass is 10.2. The Kier molecular flexibility index (Phi) is 6.39. The topological polar surface area (TPSA) is 81.2 Å². The molecule has 9 nitrogen and oxygen atoms in total. The van der Waals surface area contributed by atoms with Crippen molar-refractivity contribution in [1.29, 1.82) is 0 Å². The molecule has 3 aromatic rings. The van der Waals surface area contributed by atoms with Crippen LogP contribution in [0.3, 0.4) is 0 Å². The maximum atomic E-state index is 6.01. The summed E-state index contributed by atoms with van der Waals surface area (Å²) in [5.41, 5.74) is 0.818. The third-order valence-electron chi connectivity index (χ3n) is 6.03. The van der Waals surface area contributed by atoms with Gasteiger partial charge < -0.3 is 34.1 Å². The van der Waals surface area contributed by atoms with Gasteiger partial charge in [0, 0.05) is 37.6 Å². The molecule has 2 aliphatic heterocycles.